The largest absolute Gasteiger partial charge is 0.494 e. The molecule has 6 rings (SSSR count). The first-order valence-corrected chi connectivity index (χ1v) is 16.7. The number of benzene rings is 2. The van der Waals surface area contributed by atoms with Crippen LogP contribution in [0.1, 0.15) is 37.8 Å². The fraction of sp³-hybridized carbons (Fsp3) is 0.333. The maximum absolute atomic E-state index is 12.5. The Labute approximate surface area is 286 Å². The highest BCUT2D eigenvalue weighted by Crippen LogP contribution is 2.40. The van der Waals surface area contributed by atoms with Gasteiger partial charge in [-0.15, -0.1) is 0 Å². The average molecular weight is 669 g/mol. The van der Waals surface area contributed by atoms with E-state index in [1.54, 1.807) is 37.7 Å². The van der Waals surface area contributed by atoms with E-state index in [2.05, 4.69) is 47.3 Å². The van der Waals surface area contributed by atoms with Crippen molar-refractivity contribution in [3.63, 3.8) is 0 Å². The Hall–Kier alpha value is -4.87. The van der Waals surface area contributed by atoms with E-state index in [9.17, 15) is 4.79 Å². The lowest BCUT2D eigenvalue weighted by Crippen LogP contribution is -2.46. The molecule has 48 heavy (non-hydrogen) atoms. The standard InChI is InChI=1S/C36H41ClN8O3/c1-3-35(46)41-29-22-30(33(47-2)23-31(29)45-19-13-27(14-20-45)44-17-7-4-8-18-44)42-36-39-16-12-34(43-36)40-25-10-11-32(28(37)21-25)48-24-26-9-5-6-15-38-26/h3,5-6,9-12,15-16,21-23,27H,1,4,7-8,13-14,17-20,24H2,2H3,(H,41,46)(H2,39,40,42,43). The van der Waals surface area contributed by atoms with Crippen LogP contribution in [0.25, 0.3) is 0 Å². The summed E-state index contributed by atoms with van der Waals surface area (Å²) in [5.74, 6) is 1.77. The predicted molar refractivity (Wildman–Crippen MR) is 191 cm³/mol. The molecule has 2 aromatic heterocycles. The Bertz CT molecular complexity index is 1710. The van der Waals surface area contributed by atoms with Crippen LogP contribution < -0.4 is 30.3 Å². The van der Waals surface area contributed by atoms with Crippen LogP contribution >= 0.6 is 11.6 Å². The van der Waals surface area contributed by atoms with Crippen molar-refractivity contribution in [1.29, 1.82) is 0 Å². The molecule has 0 unspecified atom stereocenters. The highest BCUT2D eigenvalue weighted by molar-refractivity contribution is 6.32. The number of halogens is 1. The molecule has 2 aromatic carbocycles. The van der Waals surface area contributed by atoms with Crippen molar-refractivity contribution < 1.29 is 14.3 Å². The minimum atomic E-state index is -0.287. The maximum Gasteiger partial charge on any atom is 0.247 e. The van der Waals surface area contributed by atoms with E-state index in [1.165, 1.54) is 38.4 Å². The summed E-state index contributed by atoms with van der Waals surface area (Å²) < 4.78 is 11.7. The van der Waals surface area contributed by atoms with Crippen molar-refractivity contribution in [3.8, 4) is 11.5 Å². The number of ether oxygens (including phenoxy) is 2. The van der Waals surface area contributed by atoms with Gasteiger partial charge in [0.15, 0.2) is 0 Å². The lowest BCUT2D eigenvalue weighted by Gasteiger charge is -2.41. The molecule has 0 atom stereocenters. The maximum atomic E-state index is 12.5. The Kier molecular flexibility index (Phi) is 10.9. The highest BCUT2D eigenvalue weighted by atomic mass is 35.5. The second-order valence-electron chi connectivity index (χ2n) is 11.8. The van der Waals surface area contributed by atoms with Gasteiger partial charge in [0.2, 0.25) is 11.9 Å². The van der Waals surface area contributed by atoms with Crippen molar-refractivity contribution in [3.05, 3.63) is 90.4 Å². The number of pyridine rings is 1. The fourth-order valence-electron chi connectivity index (χ4n) is 6.22. The Morgan fingerprint density at radius 1 is 0.958 bits per heavy atom. The van der Waals surface area contributed by atoms with E-state index >= 15 is 0 Å². The molecule has 12 heteroatoms. The zero-order valence-electron chi connectivity index (χ0n) is 27.1. The number of rotatable bonds is 12. The van der Waals surface area contributed by atoms with Crippen LogP contribution in [0.15, 0.2) is 79.6 Å². The van der Waals surface area contributed by atoms with Gasteiger partial charge in [0, 0.05) is 43.3 Å². The number of likely N-dealkylation sites (tertiary alicyclic amines) is 1. The van der Waals surface area contributed by atoms with Crippen molar-refractivity contribution in [1.82, 2.24) is 19.9 Å². The number of carbonyl (C=O) groups is 1. The lowest BCUT2D eigenvalue weighted by molar-refractivity contribution is -0.111. The number of nitrogens with zero attached hydrogens (tertiary/aromatic N) is 5. The van der Waals surface area contributed by atoms with Gasteiger partial charge in [0.1, 0.15) is 23.9 Å². The molecule has 2 saturated heterocycles. The van der Waals surface area contributed by atoms with Gasteiger partial charge in [-0.2, -0.15) is 4.98 Å². The average Bonchev–Trinajstić information content (AvgIpc) is 3.12. The number of piperidine rings is 2. The smallest absolute Gasteiger partial charge is 0.247 e. The molecular weight excluding hydrogens is 628 g/mol. The molecule has 0 radical (unpaired) electrons. The van der Waals surface area contributed by atoms with Crippen molar-refractivity contribution in [2.45, 2.75) is 44.8 Å². The van der Waals surface area contributed by atoms with Crippen LogP contribution in [0.3, 0.4) is 0 Å². The topological polar surface area (TPSA) is 117 Å². The lowest BCUT2D eigenvalue weighted by atomic mass is 9.99. The van der Waals surface area contributed by atoms with Gasteiger partial charge >= 0.3 is 0 Å². The Balaban J connectivity index is 1.16. The third kappa shape index (κ3) is 8.34. The molecule has 0 spiro atoms. The number of carbonyl (C=O) groups excluding carboxylic acids is 1. The van der Waals surface area contributed by atoms with Gasteiger partial charge in [-0.05, 0) is 87.3 Å². The number of aromatic nitrogens is 3. The Morgan fingerprint density at radius 3 is 2.52 bits per heavy atom. The van der Waals surface area contributed by atoms with Gasteiger partial charge < -0.3 is 35.2 Å². The second kappa shape index (κ2) is 15.8. The summed E-state index contributed by atoms with van der Waals surface area (Å²) in [7, 11) is 1.63. The number of amides is 1. The third-order valence-electron chi connectivity index (χ3n) is 8.68. The molecule has 4 aromatic rings. The normalized spacial score (nSPS) is 15.4. The van der Waals surface area contributed by atoms with Crippen LogP contribution in [-0.2, 0) is 11.4 Å². The molecule has 2 aliphatic rings. The number of anilines is 6. The SMILES string of the molecule is C=CC(=O)Nc1cc(Nc2nccc(Nc3ccc(OCc4ccccn4)c(Cl)c3)n2)c(OC)cc1N1CCC(N2CCCCC2)CC1. The zero-order chi connectivity index (χ0) is 33.3. The van der Waals surface area contributed by atoms with Crippen molar-refractivity contribution in [2.75, 3.05) is 54.1 Å². The van der Waals surface area contributed by atoms with Gasteiger partial charge in [0.05, 0.1) is 34.9 Å². The van der Waals surface area contributed by atoms with Crippen LogP contribution in [-0.4, -0.2) is 65.1 Å². The minimum Gasteiger partial charge on any atom is -0.494 e. The van der Waals surface area contributed by atoms with Crippen LogP contribution in [0.4, 0.5) is 34.5 Å². The first kappa shape index (κ1) is 33.0. The number of hydrogen-bond donors (Lipinski definition) is 3. The predicted octanol–water partition coefficient (Wildman–Crippen LogP) is 7.18. The van der Waals surface area contributed by atoms with Crippen molar-refractivity contribution >= 4 is 52.0 Å². The highest BCUT2D eigenvalue weighted by Gasteiger charge is 2.27. The molecule has 250 valence electrons. The number of methoxy groups -OCH3 is 1. The molecule has 0 bridgehead atoms. The zero-order valence-corrected chi connectivity index (χ0v) is 27.9. The number of nitrogens with one attached hydrogen (secondary N) is 3. The van der Waals surface area contributed by atoms with E-state index in [0.29, 0.717) is 52.3 Å². The fourth-order valence-corrected chi connectivity index (χ4v) is 6.46. The second-order valence-corrected chi connectivity index (χ2v) is 12.3. The molecule has 11 nitrogen and oxygen atoms in total. The molecule has 3 N–H and O–H groups in total. The molecule has 2 aliphatic heterocycles. The van der Waals surface area contributed by atoms with Gasteiger partial charge in [-0.25, -0.2) is 4.98 Å². The first-order chi connectivity index (χ1) is 23.5. The molecule has 0 saturated carbocycles. The number of hydrogen-bond acceptors (Lipinski definition) is 10. The van der Waals surface area contributed by atoms with E-state index in [-0.39, 0.29) is 5.91 Å². The molecular formula is C36H41ClN8O3. The summed E-state index contributed by atoms with van der Waals surface area (Å²) in [5, 5.41) is 10.00. The monoisotopic (exact) mass is 668 g/mol. The van der Waals surface area contributed by atoms with E-state index in [0.717, 1.165) is 43.0 Å². The first-order valence-electron chi connectivity index (χ1n) is 16.3. The summed E-state index contributed by atoms with van der Waals surface area (Å²) in [4.78, 5) is 30.8. The summed E-state index contributed by atoms with van der Waals surface area (Å²) in [6.45, 7) is 8.14. The van der Waals surface area contributed by atoms with E-state index < -0.39 is 0 Å². The van der Waals surface area contributed by atoms with Gasteiger partial charge in [-0.3, -0.25) is 9.78 Å². The molecule has 1 amide bonds. The minimum absolute atomic E-state index is 0.287. The molecule has 4 heterocycles. The summed E-state index contributed by atoms with van der Waals surface area (Å²) in [6.07, 6.45) is 10.7. The molecule has 2 fully saturated rings. The van der Waals surface area contributed by atoms with Crippen molar-refractivity contribution in [2.24, 2.45) is 0 Å². The summed E-state index contributed by atoms with van der Waals surface area (Å²) in [5.41, 5.74) is 3.72. The van der Waals surface area contributed by atoms with E-state index in [1.807, 2.05) is 36.4 Å². The van der Waals surface area contributed by atoms with Crippen LogP contribution in [0.2, 0.25) is 5.02 Å². The summed E-state index contributed by atoms with van der Waals surface area (Å²) >= 11 is 6.52. The van der Waals surface area contributed by atoms with E-state index in [4.69, 9.17) is 21.1 Å². The third-order valence-corrected chi connectivity index (χ3v) is 8.98. The quantitative estimate of drug-likeness (QED) is 0.134. The van der Waals surface area contributed by atoms with Crippen LogP contribution in [0.5, 0.6) is 11.5 Å². The molecule has 0 aliphatic carbocycles. The van der Waals surface area contributed by atoms with Crippen LogP contribution in [0, 0.1) is 0 Å². The summed E-state index contributed by atoms with van der Waals surface area (Å²) in [6, 6.07) is 17.3. The van der Waals surface area contributed by atoms with Gasteiger partial charge in [-0.1, -0.05) is 30.7 Å². The van der Waals surface area contributed by atoms with Gasteiger partial charge in [0.25, 0.3) is 0 Å². The Morgan fingerprint density at radius 2 is 1.79 bits per heavy atom.